The summed E-state index contributed by atoms with van der Waals surface area (Å²) in [6.45, 7) is 1.64. The Balaban J connectivity index is 1.55. The number of pyridine rings is 1. The molecule has 0 saturated carbocycles. The third-order valence-corrected chi connectivity index (χ3v) is 5.37. The molecule has 0 bridgehead atoms. The summed E-state index contributed by atoms with van der Waals surface area (Å²) in [6.07, 6.45) is 2.15. The minimum atomic E-state index is -1.32. The van der Waals surface area contributed by atoms with E-state index in [9.17, 15) is 9.59 Å². The summed E-state index contributed by atoms with van der Waals surface area (Å²) in [4.78, 5) is 30.5. The number of rotatable bonds is 3. The molecule has 30 heavy (non-hydrogen) atoms. The van der Waals surface area contributed by atoms with Crippen molar-refractivity contribution < 1.29 is 14.3 Å². The standard InChI is InChI=1S/C24H19N3O3/c1-24(15-17-11-5-6-12-18(17)22(28)30-24)23(29)26-21-20(16-9-3-2-4-10-16)25-19-13-7-8-14-27(19)21/h2-14H,15H2,1H3,(H,26,29). The van der Waals surface area contributed by atoms with Gasteiger partial charge in [0.2, 0.25) is 0 Å². The molecule has 1 unspecified atom stereocenters. The van der Waals surface area contributed by atoms with E-state index in [1.165, 1.54) is 0 Å². The van der Waals surface area contributed by atoms with Crippen molar-refractivity contribution in [1.29, 1.82) is 0 Å². The van der Waals surface area contributed by atoms with Crippen molar-refractivity contribution in [2.24, 2.45) is 0 Å². The molecule has 0 aliphatic carbocycles. The van der Waals surface area contributed by atoms with Gasteiger partial charge in [0, 0.05) is 18.2 Å². The predicted molar refractivity (Wildman–Crippen MR) is 113 cm³/mol. The van der Waals surface area contributed by atoms with Crippen LogP contribution in [0.2, 0.25) is 0 Å². The monoisotopic (exact) mass is 397 g/mol. The Hall–Kier alpha value is -3.93. The zero-order chi connectivity index (χ0) is 20.7. The number of cyclic esters (lactones) is 1. The number of hydrogen-bond acceptors (Lipinski definition) is 4. The fraction of sp³-hybridized carbons (Fsp3) is 0.125. The van der Waals surface area contributed by atoms with E-state index in [2.05, 4.69) is 5.32 Å². The van der Waals surface area contributed by atoms with Gasteiger partial charge in [-0.1, -0.05) is 54.6 Å². The summed E-state index contributed by atoms with van der Waals surface area (Å²) in [6, 6.07) is 22.5. The molecular weight excluding hydrogens is 378 g/mol. The van der Waals surface area contributed by atoms with E-state index in [0.29, 0.717) is 29.1 Å². The molecule has 6 nitrogen and oxygen atoms in total. The molecule has 2 aromatic carbocycles. The lowest BCUT2D eigenvalue weighted by Crippen LogP contribution is -2.49. The van der Waals surface area contributed by atoms with Gasteiger partial charge in [0.05, 0.1) is 5.56 Å². The van der Waals surface area contributed by atoms with Gasteiger partial charge in [0.15, 0.2) is 5.60 Å². The Kier molecular flexibility index (Phi) is 4.13. The Morgan fingerprint density at radius 2 is 1.77 bits per heavy atom. The SMILES string of the molecule is CC1(C(=O)Nc2c(-c3ccccc3)nc3ccccn23)Cc2ccccc2C(=O)O1. The number of carbonyl (C=O) groups is 2. The Bertz CT molecular complexity index is 1280. The number of imidazole rings is 1. The van der Waals surface area contributed by atoms with Crippen LogP contribution < -0.4 is 5.32 Å². The Labute approximate surface area is 173 Å². The van der Waals surface area contributed by atoms with Crippen LogP contribution in [0.5, 0.6) is 0 Å². The van der Waals surface area contributed by atoms with Gasteiger partial charge in [-0.05, 0) is 30.7 Å². The lowest BCUT2D eigenvalue weighted by Gasteiger charge is -2.33. The Morgan fingerprint density at radius 1 is 1.03 bits per heavy atom. The van der Waals surface area contributed by atoms with Crippen molar-refractivity contribution in [3.8, 4) is 11.3 Å². The van der Waals surface area contributed by atoms with Crippen molar-refractivity contribution >= 4 is 23.3 Å². The van der Waals surface area contributed by atoms with Crippen LogP contribution in [0.4, 0.5) is 5.82 Å². The molecule has 1 aliphatic heterocycles. The molecule has 0 fully saturated rings. The first kappa shape index (κ1) is 18.1. The van der Waals surface area contributed by atoms with E-state index in [0.717, 1.165) is 11.1 Å². The van der Waals surface area contributed by atoms with Gasteiger partial charge in [-0.3, -0.25) is 9.20 Å². The van der Waals surface area contributed by atoms with Crippen LogP contribution in [-0.2, 0) is 16.0 Å². The summed E-state index contributed by atoms with van der Waals surface area (Å²) in [7, 11) is 0. The highest BCUT2D eigenvalue weighted by Gasteiger charge is 2.43. The first-order chi connectivity index (χ1) is 14.5. The molecule has 1 N–H and O–H groups in total. The number of aromatic nitrogens is 2. The smallest absolute Gasteiger partial charge is 0.339 e. The van der Waals surface area contributed by atoms with Gasteiger partial charge in [-0.2, -0.15) is 0 Å². The van der Waals surface area contributed by atoms with Crippen LogP contribution in [0.1, 0.15) is 22.8 Å². The van der Waals surface area contributed by atoms with Gasteiger partial charge < -0.3 is 10.1 Å². The first-order valence-electron chi connectivity index (χ1n) is 9.70. The third-order valence-electron chi connectivity index (χ3n) is 5.37. The van der Waals surface area contributed by atoms with E-state index >= 15 is 0 Å². The second-order valence-corrected chi connectivity index (χ2v) is 7.51. The highest BCUT2D eigenvalue weighted by Crippen LogP contribution is 2.32. The van der Waals surface area contributed by atoms with E-state index in [1.807, 2.05) is 71.3 Å². The summed E-state index contributed by atoms with van der Waals surface area (Å²) in [5, 5.41) is 2.98. The average molecular weight is 397 g/mol. The summed E-state index contributed by atoms with van der Waals surface area (Å²) >= 11 is 0. The maximum atomic E-state index is 13.3. The molecule has 1 atom stereocenters. The van der Waals surface area contributed by atoms with Gasteiger partial charge in [0.25, 0.3) is 5.91 Å². The van der Waals surface area contributed by atoms with E-state index in [1.54, 1.807) is 19.1 Å². The fourth-order valence-electron chi connectivity index (χ4n) is 3.81. The molecule has 0 saturated heterocycles. The van der Waals surface area contributed by atoms with Crippen molar-refractivity contribution in [1.82, 2.24) is 9.38 Å². The molecule has 148 valence electrons. The van der Waals surface area contributed by atoms with Gasteiger partial charge in [-0.25, -0.2) is 9.78 Å². The molecule has 1 aliphatic rings. The van der Waals surface area contributed by atoms with Crippen LogP contribution in [0.3, 0.4) is 0 Å². The lowest BCUT2D eigenvalue weighted by atomic mass is 9.89. The third kappa shape index (κ3) is 2.93. The van der Waals surface area contributed by atoms with E-state index in [4.69, 9.17) is 9.72 Å². The number of carbonyl (C=O) groups excluding carboxylic acids is 2. The lowest BCUT2D eigenvalue weighted by molar-refractivity contribution is -0.134. The van der Waals surface area contributed by atoms with Gasteiger partial charge in [-0.15, -0.1) is 0 Å². The number of nitrogens with one attached hydrogen (secondary N) is 1. The second kappa shape index (κ2) is 6.84. The normalized spacial score (nSPS) is 18.0. The fourth-order valence-corrected chi connectivity index (χ4v) is 3.81. The van der Waals surface area contributed by atoms with Crippen LogP contribution in [0.15, 0.2) is 79.0 Å². The number of esters is 1. The number of ether oxygens (including phenoxy) is 1. The molecule has 6 heteroatoms. The van der Waals surface area contributed by atoms with Crippen molar-refractivity contribution in [2.75, 3.05) is 5.32 Å². The van der Waals surface area contributed by atoms with Crippen LogP contribution in [0, 0.1) is 0 Å². The zero-order valence-corrected chi connectivity index (χ0v) is 16.3. The number of hydrogen-bond donors (Lipinski definition) is 1. The second-order valence-electron chi connectivity index (χ2n) is 7.51. The molecule has 3 heterocycles. The molecule has 1 amide bonds. The van der Waals surface area contributed by atoms with Gasteiger partial charge >= 0.3 is 5.97 Å². The topological polar surface area (TPSA) is 72.7 Å². The molecule has 4 aromatic rings. The van der Waals surface area contributed by atoms with Crippen LogP contribution >= 0.6 is 0 Å². The summed E-state index contributed by atoms with van der Waals surface area (Å²) in [5.74, 6) is -0.345. The molecule has 5 rings (SSSR count). The minimum Gasteiger partial charge on any atom is -0.445 e. The average Bonchev–Trinajstić information content (AvgIpc) is 3.13. The van der Waals surface area contributed by atoms with E-state index in [-0.39, 0.29) is 0 Å². The number of benzene rings is 2. The maximum absolute atomic E-state index is 13.3. The maximum Gasteiger partial charge on any atom is 0.339 e. The molecule has 2 aromatic heterocycles. The number of fused-ring (bicyclic) bond motifs is 2. The highest BCUT2D eigenvalue weighted by atomic mass is 16.6. The summed E-state index contributed by atoms with van der Waals surface area (Å²) < 4.78 is 7.41. The number of nitrogens with zero attached hydrogens (tertiary/aromatic N) is 2. The van der Waals surface area contributed by atoms with Crippen molar-refractivity contribution in [3.63, 3.8) is 0 Å². The number of anilines is 1. The van der Waals surface area contributed by atoms with E-state index < -0.39 is 17.5 Å². The van der Waals surface area contributed by atoms with Crippen molar-refractivity contribution in [2.45, 2.75) is 18.9 Å². The largest absolute Gasteiger partial charge is 0.445 e. The van der Waals surface area contributed by atoms with Crippen molar-refractivity contribution in [3.05, 3.63) is 90.1 Å². The summed E-state index contributed by atoms with van der Waals surface area (Å²) in [5.41, 5.74) is 2.23. The minimum absolute atomic E-state index is 0.304. The predicted octanol–water partition coefficient (Wildman–Crippen LogP) is 4.11. The molecule has 0 spiro atoms. The molecular formula is C24H19N3O3. The highest BCUT2D eigenvalue weighted by molar-refractivity contribution is 6.03. The van der Waals surface area contributed by atoms with Crippen LogP contribution in [0.25, 0.3) is 16.9 Å². The van der Waals surface area contributed by atoms with Crippen LogP contribution in [-0.4, -0.2) is 26.9 Å². The zero-order valence-electron chi connectivity index (χ0n) is 16.3. The first-order valence-corrected chi connectivity index (χ1v) is 9.70. The quantitative estimate of drug-likeness (QED) is 0.528. The van der Waals surface area contributed by atoms with Gasteiger partial charge in [0.1, 0.15) is 17.2 Å². The Morgan fingerprint density at radius 3 is 2.60 bits per heavy atom. The number of amides is 1. The molecule has 0 radical (unpaired) electrons.